The fourth-order valence-corrected chi connectivity index (χ4v) is 1.34. The lowest BCUT2D eigenvalue weighted by molar-refractivity contribution is -0.387. The third-order valence-corrected chi connectivity index (χ3v) is 2.18. The SMILES string of the molecule is CC(C)=CC(=O)OCC(=O)Nc1ccc(F)c([N+](=O)[O-])c1. The molecular weight excluding hydrogens is 283 g/mol. The van der Waals surface area contributed by atoms with Gasteiger partial charge in [0.1, 0.15) is 0 Å². The van der Waals surface area contributed by atoms with Gasteiger partial charge in [0, 0.05) is 17.8 Å². The van der Waals surface area contributed by atoms with Gasteiger partial charge in [-0.2, -0.15) is 4.39 Å². The van der Waals surface area contributed by atoms with Crippen LogP contribution in [0.4, 0.5) is 15.8 Å². The molecule has 0 aromatic heterocycles. The van der Waals surface area contributed by atoms with Crippen molar-refractivity contribution in [2.45, 2.75) is 13.8 Å². The normalized spacial score (nSPS) is 9.67. The van der Waals surface area contributed by atoms with E-state index in [9.17, 15) is 24.1 Å². The highest BCUT2D eigenvalue weighted by atomic mass is 19.1. The van der Waals surface area contributed by atoms with E-state index in [0.29, 0.717) is 0 Å². The molecule has 1 rings (SSSR count). The van der Waals surface area contributed by atoms with Gasteiger partial charge in [-0.3, -0.25) is 14.9 Å². The molecule has 7 nitrogen and oxygen atoms in total. The average Bonchev–Trinajstić information content (AvgIpc) is 2.37. The minimum atomic E-state index is -1.01. The van der Waals surface area contributed by atoms with Crippen LogP contribution in [0.15, 0.2) is 29.8 Å². The van der Waals surface area contributed by atoms with E-state index >= 15 is 0 Å². The maximum atomic E-state index is 13.1. The third kappa shape index (κ3) is 5.39. The van der Waals surface area contributed by atoms with Gasteiger partial charge in [0.25, 0.3) is 5.91 Å². The average molecular weight is 296 g/mol. The molecule has 0 atom stereocenters. The highest BCUT2D eigenvalue weighted by Gasteiger charge is 2.15. The molecule has 0 aliphatic rings. The van der Waals surface area contributed by atoms with E-state index in [-0.39, 0.29) is 5.69 Å². The smallest absolute Gasteiger partial charge is 0.331 e. The number of allylic oxidation sites excluding steroid dienone is 1. The van der Waals surface area contributed by atoms with E-state index in [4.69, 9.17) is 0 Å². The van der Waals surface area contributed by atoms with E-state index in [2.05, 4.69) is 10.1 Å². The Morgan fingerprint density at radius 2 is 2.10 bits per heavy atom. The monoisotopic (exact) mass is 296 g/mol. The number of hydrogen-bond donors (Lipinski definition) is 1. The molecule has 1 amide bonds. The third-order valence-electron chi connectivity index (χ3n) is 2.18. The van der Waals surface area contributed by atoms with Crippen LogP contribution in [-0.4, -0.2) is 23.4 Å². The number of nitrogens with one attached hydrogen (secondary N) is 1. The van der Waals surface area contributed by atoms with Crippen molar-refractivity contribution >= 4 is 23.3 Å². The Hall–Kier alpha value is -2.77. The zero-order chi connectivity index (χ0) is 16.0. The second kappa shape index (κ2) is 7.13. The number of rotatable bonds is 5. The number of nitro groups is 1. The summed E-state index contributed by atoms with van der Waals surface area (Å²) in [5.74, 6) is -2.37. The lowest BCUT2D eigenvalue weighted by atomic mass is 10.2. The molecule has 0 aliphatic heterocycles. The van der Waals surface area contributed by atoms with E-state index in [1.54, 1.807) is 13.8 Å². The Bertz CT molecular complexity index is 609. The molecule has 1 aromatic rings. The van der Waals surface area contributed by atoms with Crippen LogP contribution in [0.25, 0.3) is 0 Å². The first-order chi connectivity index (χ1) is 9.79. The fraction of sp³-hybridized carbons (Fsp3) is 0.231. The topological polar surface area (TPSA) is 98.5 Å². The highest BCUT2D eigenvalue weighted by molar-refractivity contribution is 5.94. The molecule has 0 saturated heterocycles. The molecule has 0 unspecified atom stereocenters. The summed E-state index contributed by atoms with van der Waals surface area (Å²) in [7, 11) is 0. The largest absolute Gasteiger partial charge is 0.452 e. The number of carbonyl (C=O) groups excluding carboxylic acids is 2. The van der Waals surface area contributed by atoms with Crippen LogP contribution in [0, 0.1) is 15.9 Å². The number of anilines is 1. The van der Waals surface area contributed by atoms with Crippen LogP contribution in [0.2, 0.25) is 0 Å². The summed E-state index contributed by atoms with van der Waals surface area (Å²) in [6, 6.07) is 2.91. The van der Waals surface area contributed by atoms with Gasteiger partial charge in [0.2, 0.25) is 5.82 Å². The van der Waals surface area contributed by atoms with E-state index in [1.165, 1.54) is 6.08 Å². The number of benzene rings is 1. The van der Waals surface area contributed by atoms with Gasteiger partial charge in [-0.15, -0.1) is 0 Å². The second-order valence-electron chi connectivity index (χ2n) is 4.30. The van der Waals surface area contributed by atoms with Crippen molar-refractivity contribution in [2.24, 2.45) is 0 Å². The Balaban J connectivity index is 2.63. The molecule has 0 bridgehead atoms. The first-order valence-electron chi connectivity index (χ1n) is 5.85. The molecule has 112 valence electrons. The van der Waals surface area contributed by atoms with Crippen molar-refractivity contribution in [3.63, 3.8) is 0 Å². The standard InChI is InChI=1S/C13H13FN2O5/c1-8(2)5-13(18)21-7-12(17)15-9-3-4-10(14)11(6-9)16(19)20/h3-6H,7H2,1-2H3,(H,15,17). The van der Waals surface area contributed by atoms with Gasteiger partial charge >= 0.3 is 11.7 Å². The number of carbonyl (C=O) groups is 2. The summed E-state index contributed by atoms with van der Waals surface area (Å²) >= 11 is 0. The maximum absolute atomic E-state index is 13.1. The summed E-state index contributed by atoms with van der Waals surface area (Å²) in [4.78, 5) is 32.3. The van der Waals surface area contributed by atoms with Crippen molar-refractivity contribution in [1.82, 2.24) is 0 Å². The molecule has 0 spiro atoms. The lowest BCUT2D eigenvalue weighted by Gasteiger charge is -2.05. The number of nitro benzene ring substituents is 1. The maximum Gasteiger partial charge on any atom is 0.331 e. The van der Waals surface area contributed by atoms with Crippen molar-refractivity contribution in [3.05, 3.63) is 45.8 Å². The molecule has 0 aliphatic carbocycles. The zero-order valence-corrected chi connectivity index (χ0v) is 11.4. The Kier molecular flexibility index (Phi) is 5.53. The minimum absolute atomic E-state index is 0.0337. The van der Waals surface area contributed by atoms with Crippen LogP contribution >= 0.6 is 0 Å². The van der Waals surface area contributed by atoms with Crippen LogP contribution < -0.4 is 5.32 Å². The predicted octanol–water partition coefficient (Wildman–Crippen LogP) is 2.18. The van der Waals surface area contributed by atoms with Crippen molar-refractivity contribution in [1.29, 1.82) is 0 Å². The molecule has 0 saturated carbocycles. The number of ether oxygens (including phenoxy) is 1. The molecule has 0 fully saturated rings. The second-order valence-corrected chi connectivity index (χ2v) is 4.30. The number of amides is 1. The number of hydrogen-bond acceptors (Lipinski definition) is 5. The summed E-state index contributed by atoms with van der Waals surface area (Å²) in [6.07, 6.45) is 1.22. The van der Waals surface area contributed by atoms with Gasteiger partial charge in [0.05, 0.1) is 4.92 Å². The Morgan fingerprint density at radius 1 is 1.43 bits per heavy atom. The zero-order valence-electron chi connectivity index (χ0n) is 11.4. The fourth-order valence-electron chi connectivity index (χ4n) is 1.34. The Labute approximate surface area is 119 Å². The van der Waals surface area contributed by atoms with E-state index in [0.717, 1.165) is 23.8 Å². The van der Waals surface area contributed by atoms with Crippen molar-refractivity contribution in [2.75, 3.05) is 11.9 Å². The molecule has 8 heteroatoms. The number of esters is 1. The highest BCUT2D eigenvalue weighted by Crippen LogP contribution is 2.21. The van der Waals surface area contributed by atoms with Crippen LogP contribution in [0.3, 0.4) is 0 Å². The van der Waals surface area contributed by atoms with Crippen LogP contribution in [-0.2, 0) is 14.3 Å². The van der Waals surface area contributed by atoms with Crippen LogP contribution in [0.1, 0.15) is 13.8 Å². The number of nitrogens with zero attached hydrogens (tertiary/aromatic N) is 1. The summed E-state index contributed by atoms with van der Waals surface area (Å²) in [5, 5.41) is 12.8. The van der Waals surface area contributed by atoms with Crippen molar-refractivity contribution < 1.29 is 23.6 Å². The van der Waals surface area contributed by atoms with Gasteiger partial charge in [-0.1, -0.05) is 5.57 Å². The Morgan fingerprint density at radius 3 is 2.67 bits per heavy atom. The number of halogens is 1. The van der Waals surface area contributed by atoms with Gasteiger partial charge in [-0.05, 0) is 26.0 Å². The summed E-state index contributed by atoms with van der Waals surface area (Å²) in [6.45, 7) is 2.84. The van der Waals surface area contributed by atoms with Crippen molar-refractivity contribution in [3.8, 4) is 0 Å². The summed E-state index contributed by atoms with van der Waals surface area (Å²) < 4.78 is 17.8. The van der Waals surface area contributed by atoms with Gasteiger partial charge in [-0.25, -0.2) is 4.79 Å². The lowest BCUT2D eigenvalue weighted by Crippen LogP contribution is -2.20. The van der Waals surface area contributed by atoms with Crippen LogP contribution in [0.5, 0.6) is 0 Å². The molecule has 0 radical (unpaired) electrons. The molecule has 1 aromatic carbocycles. The van der Waals surface area contributed by atoms with E-state index < -0.39 is 34.9 Å². The quantitative estimate of drug-likeness (QED) is 0.388. The summed E-state index contributed by atoms with van der Waals surface area (Å²) in [5.41, 5.74) is -0.00438. The first-order valence-corrected chi connectivity index (χ1v) is 5.85. The van der Waals surface area contributed by atoms with Gasteiger partial charge in [0.15, 0.2) is 6.61 Å². The predicted molar refractivity (Wildman–Crippen MR) is 72.1 cm³/mol. The molecule has 1 N–H and O–H groups in total. The molecule has 0 heterocycles. The van der Waals surface area contributed by atoms with E-state index in [1.807, 2.05) is 0 Å². The van der Waals surface area contributed by atoms with Gasteiger partial charge < -0.3 is 10.1 Å². The first kappa shape index (κ1) is 16.3. The molecular formula is C13H13FN2O5. The molecule has 21 heavy (non-hydrogen) atoms. The minimum Gasteiger partial charge on any atom is -0.452 e.